The van der Waals surface area contributed by atoms with Crippen molar-refractivity contribution in [3.8, 4) is 5.75 Å². The van der Waals surface area contributed by atoms with E-state index in [0.717, 1.165) is 25.3 Å². The molecule has 108 valence electrons. The summed E-state index contributed by atoms with van der Waals surface area (Å²) in [6.07, 6.45) is 0.753. The lowest BCUT2D eigenvalue weighted by Gasteiger charge is -2.25. The highest BCUT2D eigenvalue weighted by Gasteiger charge is 2.15. The fourth-order valence-electron chi connectivity index (χ4n) is 1.68. The van der Waals surface area contributed by atoms with Crippen LogP contribution in [0.25, 0.3) is 0 Å². The molecular formula is C16H27NO2. The zero-order valence-electron chi connectivity index (χ0n) is 12.6. The average molecular weight is 265 g/mol. The molecule has 3 heteroatoms. The first-order chi connectivity index (χ1) is 8.93. The maximum Gasteiger partial charge on any atom is 0.119 e. The zero-order chi connectivity index (χ0) is 14.3. The first-order valence-corrected chi connectivity index (χ1v) is 7.00. The van der Waals surface area contributed by atoms with Crippen LogP contribution in [-0.2, 0) is 6.54 Å². The van der Waals surface area contributed by atoms with Gasteiger partial charge < -0.3 is 15.2 Å². The molecule has 0 aliphatic carbocycles. The Morgan fingerprint density at radius 3 is 2.37 bits per heavy atom. The minimum atomic E-state index is -0.0401. The second-order valence-corrected chi connectivity index (χ2v) is 6.06. The van der Waals surface area contributed by atoms with Gasteiger partial charge in [0.2, 0.25) is 0 Å². The summed E-state index contributed by atoms with van der Waals surface area (Å²) in [5.41, 5.74) is 1.18. The van der Waals surface area contributed by atoms with Crippen LogP contribution >= 0.6 is 0 Å². The third-order valence-electron chi connectivity index (χ3n) is 3.01. The SMILES string of the molecule is CC(C)COc1ccc(CNC(C)(C)CCO)cc1. The Morgan fingerprint density at radius 1 is 1.21 bits per heavy atom. The topological polar surface area (TPSA) is 41.5 Å². The zero-order valence-corrected chi connectivity index (χ0v) is 12.6. The number of benzene rings is 1. The quantitative estimate of drug-likeness (QED) is 0.759. The van der Waals surface area contributed by atoms with Crippen LogP contribution in [0.5, 0.6) is 5.75 Å². The molecule has 2 N–H and O–H groups in total. The number of hydrogen-bond donors (Lipinski definition) is 2. The van der Waals surface area contributed by atoms with E-state index in [2.05, 4.69) is 45.1 Å². The maximum atomic E-state index is 8.98. The molecule has 0 atom stereocenters. The molecular weight excluding hydrogens is 238 g/mol. The molecule has 19 heavy (non-hydrogen) atoms. The lowest BCUT2D eigenvalue weighted by Crippen LogP contribution is -2.39. The molecule has 1 aromatic carbocycles. The van der Waals surface area contributed by atoms with Gasteiger partial charge in [-0.1, -0.05) is 26.0 Å². The van der Waals surface area contributed by atoms with Gasteiger partial charge in [-0.05, 0) is 43.9 Å². The number of nitrogens with one attached hydrogen (secondary N) is 1. The van der Waals surface area contributed by atoms with Gasteiger partial charge in [0.05, 0.1) is 6.61 Å². The Bertz CT molecular complexity index is 358. The summed E-state index contributed by atoms with van der Waals surface area (Å²) in [6.45, 7) is 10.2. The summed E-state index contributed by atoms with van der Waals surface area (Å²) in [6, 6.07) is 8.19. The molecule has 0 heterocycles. The smallest absolute Gasteiger partial charge is 0.119 e. The number of aliphatic hydroxyl groups is 1. The molecule has 1 aromatic rings. The average Bonchev–Trinajstić information content (AvgIpc) is 2.35. The minimum Gasteiger partial charge on any atom is -0.493 e. The van der Waals surface area contributed by atoms with Crippen molar-refractivity contribution in [1.29, 1.82) is 0 Å². The van der Waals surface area contributed by atoms with Gasteiger partial charge in [0.25, 0.3) is 0 Å². The highest BCUT2D eigenvalue weighted by Crippen LogP contribution is 2.14. The van der Waals surface area contributed by atoms with Gasteiger partial charge in [-0.2, -0.15) is 0 Å². The Labute approximate surface area is 117 Å². The predicted octanol–water partition coefficient (Wildman–Crippen LogP) is 2.97. The normalized spacial score (nSPS) is 11.9. The molecule has 3 nitrogen and oxygen atoms in total. The fourth-order valence-corrected chi connectivity index (χ4v) is 1.68. The number of rotatable bonds is 8. The summed E-state index contributed by atoms with van der Waals surface area (Å²) in [5.74, 6) is 1.47. The molecule has 0 spiro atoms. The lowest BCUT2D eigenvalue weighted by molar-refractivity contribution is 0.230. The summed E-state index contributed by atoms with van der Waals surface area (Å²) < 4.78 is 5.65. The first-order valence-electron chi connectivity index (χ1n) is 7.00. The molecule has 0 radical (unpaired) electrons. The summed E-state index contributed by atoms with van der Waals surface area (Å²) in [7, 11) is 0. The summed E-state index contributed by atoms with van der Waals surface area (Å²) in [5, 5.41) is 12.4. The van der Waals surface area contributed by atoms with E-state index >= 15 is 0 Å². The van der Waals surface area contributed by atoms with Crippen LogP contribution in [0.2, 0.25) is 0 Å². The van der Waals surface area contributed by atoms with E-state index in [1.165, 1.54) is 5.56 Å². The van der Waals surface area contributed by atoms with Crippen molar-refractivity contribution in [3.05, 3.63) is 29.8 Å². The van der Waals surface area contributed by atoms with Crippen LogP contribution < -0.4 is 10.1 Å². The molecule has 0 saturated heterocycles. The molecule has 0 aliphatic rings. The second kappa shape index (κ2) is 7.51. The molecule has 0 saturated carbocycles. The number of hydrogen-bond acceptors (Lipinski definition) is 3. The molecule has 0 amide bonds. The Kier molecular flexibility index (Phi) is 6.32. The van der Waals surface area contributed by atoms with Gasteiger partial charge in [-0.25, -0.2) is 0 Å². The number of ether oxygens (including phenoxy) is 1. The van der Waals surface area contributed by atoms with Gasteiger partial charge in [0.15, 0.2) is 0 Å². The Hall–Kier alpha value is -1.06. The van der Waals surface area contributed by atoms with E-state index < -0.39 is 0 Å². The molecule has 0 aliphatic heterocycles. The van der Waals surface area contributed by atoms with Gasteiger partial charge in [-0.15, -0.1) is 0 Å². The maximum absolute atomic E-state index is 8.98. The van der Waals surface area contributed by atoms with Gasteiger partial charge >= 0.3 is 0 Å². The number of aliphatic hydroxyl groups excluding tert-OH is 1. The highest BCUT2D eigenvalue weighted by atomic mass is 16.5. The molecule has 0 fully saturated rings. The summed E-state index contributed by atoms with van der Waals surface area (Å²) in [4.78, 5) is 0. The van der Waals surface area contributed by atoms with Gasteiger partial charge in [0, 0.05) is 18.7 Å². The van der Waals surface area contributed by atoms with E-state index in [1.807, 2.05) is 12.1 Å². The van der Waals surface area contributed by atoms with E-state index in [0.29, 0.717) is 5.92 Å². The van der Waals surface area contributed by atoms with Crippen molar-refractivity contribution >= 4 is 0 Å². The third kappa shape index (κ3) is 6.60. The van der Waals surface area contributed by atoms with Crippen LogP contribution in [0.4, 0.5) is 0 Å². The van der Waals surface area contributed by atoms with Crippen molar-refractivity contribution in [1.82, 2.24) is 5.32 Å². The monoisotopic (exact) mass is 265 g/mol. The Balaban J connectivity index is 2.44. The second-order valence-electron chi connectivity index (χ2n) is 6.06. The van der Waals surface area contributed by atoms with Gasteiger partial charge in [-0.3, -0.25) is 0 Å². The van der Waals surface area contributed by atoms with Crippen molar-refractivity contribution < 1.29 is 9.84 Å². The van der Waals surface area contributed by atoms with Gasteiger partial charge in [0.1, 0.15) is 5.75 Å². The van der Waals surface area contributed by atoms with E-state index in [4.69, 9.17) is 9.84 Å². The standard InChI is InChI=1S/C16H27NO2/c1-13(2)12-19-15-7-5-14(6-8-15)11-17-16(3,4)9-10-18/h5-8,13,17-18H,9-12H2,1-4H3. The minimum absolute atomic E-state index is 0.0401. The van der Waals surface area contributed by atoms with E-state index in [9.17, 15) is 0 Å². The highest BCUT2D eigenvalue weighted by molar-refractivity contribution is 5.27. The molecule has 0 aromatic heterocycles. The van der Waals surface area contributed by atoms with Crippen LogP contribution in [0.3, 0.4) is 0 Å². The molecule has 1 rings (SSSR count). The fraction of sp³-hybridized carbons (Fsp3) is 0.625. The van der Waals surface area contributed by atoms with Crippen molar-refractivity contribution in [2.75, 3.05) is 13.2 Å². The van der Waals surface area contributed by atoms with Crippen molar-refractivity contribution in [2.45, 2.75) is 46.2 Å². The predicted molar refractivity (Wildman–Crippen MR) is 79.4 cm³/mol. The first kappa shape index (κ1) is 16.0. The Morgan fingerprint density at radius 2 is 1.84 bits per heavy atom. The summed E-state index contributed by atoms with van der Waals surface area (Å²) >= 11 is 0. The van der Waals surface area contributed by atoms with E-state index in [1.54, 1.807) is 0 Å². The molecule has 0 unspecified atom stereocenters. The largest absolute Gasteiger partial charge is 0.493 e. The van der Waals surface area contributed by atoms with Crippen LogP contribution in [0, 0.1) is 5.92 Å². The lowest BCUT2D eigenvalue weighted by atomic mass is 10.0. The van der Waals surface area contributed by atoms with Crippen LogP contribution in [0.15, 0.2) is 24.3 Å². The van der Waals surface area contributed by atoms with Crippen molar-refractivity contribution in [2.24, 2.45) is 5.92 Å². The van der Waals surface area contributed by atoms with Crippen LogP contribution in [-0.4, -0.2) is 23.9 Å². The van der Waals surface area contributed by atoms with Crippen LogP contribution in [0.1, 0.15) is 39.7 Å². The van der Waals surface area contributed by atoms with E-state index in [-0.39, 0.29) is 12.1 Å². The molecule has 0 bridgehead atoms. The van der Waals surface area contributed by atoms with Crippen molar-refractivity contribution in [3.63, 3.8) is 0 Å². The third-order valence-corrected chi connectivity index (χ3v) is 3.01.